The second kappa shape index (κ2) is 4.68. The fourth-order valence-corrected chi connectivity index (χ4v) is 2.21. The molecule has 1 aliphatic heterocycles. The molecule has 0 saturated carbocycles. The number of esters is 1. The molecule has 1 heterocycles. The third-order valence-corrected chi connectivity index (χ3v) is 2.92. The Morgan fingerprint density at radius 1 is 1.50 bits per heavy atom. The zero-order valence-corrected chi connectivity index (χ0v) is 9.45. The first-order valence-corrected chi connectivity index (χ1v) is 5.78. The molecular formula is C12H16O4. The molecule has 4 nitrogen and oxygen atoms in total. The van der Waals surface area contributed by atoms with Crippen LogP contribution in [0.15, 0.2) is 11.3 Å². The summed E-state index contributed by atoms with van der Waals surface area (Å²) in [5.41, 5.74) is 0.806. The summed E-state index contributed by atoms with van der Waals surface area (Å²) in [4.78, 5) is 22.9. The highest BCUT2D eigenvalue weighted by Gasteiger charge is 2.33. The molecule has 0 spiro atoms. The summed E-state index contributed by atoms with van der Waals surface area (Å²) in [6.07, 6.45) is 2.95. The van der Waals surface area contributed by atoms with Crippen molar-refractivity contribution in [2.24, 2.45) is 0 Å². The van der Waals surface area contributed by atoms with Crippen molar-refractivity contribution < 1.29 is 19.1 Å². The van der Waals surface area contributed by atoms with Gasteiger partial charge in [0.2, 0.25) is 0 Å². The van der Waals surface area contributed by atoms with Gasteiger partial charge in [-0.15, -0.1) is 0 Å². The highest BCUT2D eigenvalue weighted by atomic mass is 16.5. The summed E-state index contributed by atoms with van der Waals surface area (Å²) in [5.74, 6) is 0.748. The average molecular weight is 224 g/mol. The lowest BCUT2D eigenvalue weighted by molar-refractivity contribution is -0.145. The van der Waals surface area contributed by atoms with Crippen LogP contribution in [0.1, 0.15) is 39.0 Å². The van der Waals surface area contributed by atoms with Crippen molar-refractivity contribution in [3.63, 3.8) is 0 Å². The minimum atomic E-state index is -0.250. The van der Waals surface area contributed by atoms with E-state index in [4.69, 9.17) is 9.47 Å². The largest absolute Gasteiger partial charge is 0.493 e. The average Bonchev–Trinajstić information content (AvgIpc) is 2.62. The van der Waals surface area contributed by atoms with Crippen molar-refractivity contribution in [1.82, 2.24) is 0 Å². The minimum Gasteiger partial charge on any atom is -0.493 e. The van der Waals surface area contributed by atoms with E-state index in [1.54, 1.807) is 6.92 Å². The number of carbonyl (C=O) groups is 2. The maximum Gasteiger partial charge on any atom is 0.309 e. The standard InChI is InChI=1S/C12H16O4/c1-2-15-12(14)7-8-6-9-10(13)4-3-5-11(9)16-8/h8H,2-7H2,1H3/t8-/m1/s1. The smallest absolute Gasteiger partial charge is 0.309 e. The van der Waals surface area contributed by atoms with E-state index < -0.39 is 0 Å². The Bertz CT molecular complexity index is 343. The highest BCUT2D eigenvalue weighted by Crippen LogP contribution is 2.35. The Morgan fingerprint density at radius 3 is 3.00 bits per heavy atom. The number of Topliss-reactive ketones (excluding diaryl/α,β-unsaturated/α-hetero) is 1. The van der Waals surface area contributed by atoms with Gasteiger partial charge in [-0.1, -0.05) is 0 Å². The molecule has 0 unspecified atom stereocenters. The Hall–Kier alpha value is -1.32. The van der Waals surface area contributed by atoms with E-state index in [1.165, 1.54) is 0 Å². The molecule has 4 heteroatoms. The first kappa shape index (κ1) is 11.2. The number of allylic oxidation sites excluding steroid dienone is 1. The molecule has 0 bridgehead atoms. The first-order chi connectivity index (χ1) is 7.70. The topological polar surface area (TPSA) is 52.6 Å². The van der Waals surface area contributed by atoms with Crippen LogP contribution >= 0.6 is 0 Å². The number of hydrogen-bond acceptors (Lipinski definition) is 4. The predicted molar refractivity (Wildman–Crippen MR) is 56.6 cm³/mol. The summed E-state index contributed by atoms with van der Waals surface area (Å²) >= 11 is 0. The van der Waals surface area contributed by atoms with Crippen LogP contribution in [0.3, 0.4) is 0 Å². The van der Waals surface area contributed by atoms with Crippen LogP contribution < -0.4 is 0 Å². The van der Waals surface area contributed by atoms with E-state index in [2.05, 4.69) is 0 Å². The molecule has 1 aliphatic carbocycles. The third-order valence-electron chi connectivity index (χ3n) is 2.92. The third kappa shape index (κ3) is 2.26. The first-order valence-electron chi connectivity index (χ1n) is 5.78. The zero-order valence-electron chi connectivity index (χ0n) is 9.45. The molecule has 0 N–H and O–H groups in total. The number of ether oxygens (including phenoxy) is 2. The van der Waals surface area contributed by atoms with Crippen LogP contribution in [0.2, 0.25) is 0 Å². The molecule has 0 aromatic heterocycles. The van der Waals surface area contributed by atoms with Gasteiger partial charge in [0.05, 0.1) is 13.0 Å². The molecule has 16 heavy (non-hydrogen) atoms. The van der Waals surface area contributed by atoms with Gasteiger partial charge < -0.3 is 9.47 Å². The van der Waals surface area contributed by atoms with E-state index in [1.807, 2.05) is 0 Å². The van der Waals surface area contributed by atoms with E-state index in [9.17, 15) is 9.59 Å². The Morgan fingerprint density at radius 2 is 2.31 bits per heavy atom. The molecule has 1 atom stereocenters. The maximum absolute atomic E-state index is 11.6. The fraction of sp³-hybridized carbons (Fsp3) is 0.667. The summed E-state index contributed by atoms with van der Waals surface area (Å²) in [6.45, 7) is 2.16. The molecule has 0 aromatic rings. The van der Waals surface area contributed by atoms with E-state index >= 15 is 0 Å². The van der Waals surface area contributed by atoms with Crippen molar-refractivity contribution in [2.75, 3.05) is 6.61 Å². The number of hydrogen-bond donors (Lipinski definition) is 0. The van der Waals surface area contributed by atoms with Gasteiger partial charge in [-0.05, 0) is 13.3 Å². The van der Waals surface area contributed by atoms with Gasteiger partial charge in [0.15, 0.2) is 5.78 Å². The van der Waals surface area contributed by atoms with Crippen LogP contribution in [-0.4, -0.2) is 24.5 Å². The van der Waals surface area contributed by atoms with Gasteiger partial charge in [0.1, 0.15) is 11.9 Å². The van der Waals surface area contributed by atoms with Crippen LogP contribution in [0.4, 0.5) is 0 Å². The quantitative estimate of drug-likeness (QED) is 0.685. The second-order valence-electron chi connectivity index (χ2n) is 4.13. The van der Waals surface area contributed by atoms with Crippen molar-refractivity contribution in [3.8, 4) is 0 Å². The van der Waals surface area contributed by atoms with Crippen molar-refractivity contribution in [2.45, 2.75) is 45.1 Å². The van der Waals surface area contributed by atoms with Gasteiger partial charge in [0.25, 0.3) is 0 Å². The molecule has 0 radical (unpaired) electrons. The van der Waals surface area contributed by atoms with Gasteiger partial charge in [0, 0.05) is 24.8 Å². The lowest BCUT2D eigenvalue weighted by atomic mass is 9.94. The molecule has 0 saturated heterocycles. The number of ketones is 1. The van der Waals surface area contributed by atoms with Crippen molar-refractivity contribution in [3.05, 3.63) is 11.3 Å². The lowest BCUT2D eigenvalue weighted by Crippen LogP contribution is -2.15. The Kier molecular flexibility index (Phi) is 3.27. The Labute approximate surface area is 94.6 Å². The molecule has 88 valence electrons. The van der Waals surface area contributed by atoms with Crippen LogP contribution in [0.5, 0.6) is 0 Å². The monoisotopic (exact) mass is 224 g/mol. The number of carbonyl (C=O) groups excluding carboxylic acids is 2. The van der Waals surface area contributed by atoms with Gasteiger partial charge in [-0.3, -0.25) is 9.59 Å². The lowest BCUT2D eigenvalue weighted by Gasteiger charge is -2.12. The predicted octanol–water partition coefficient (Wildman–Crippen LogP) is 1.74. The molecule has 0 fully saturated rings. The molecule has 0 aromatic carbocycles. The van der Waals surface area contributed by atoms with Crippen LogP contribution in [-0.2, 0) is 19.1 Å². The summed E-state index contributed by atoms with van der Waals surface area (Å²) in [7, 11) is 0. The van der Waals surface area contributed by atoms with Gasteiger partial charge >= 0.3 is 5.97 Å². The van der Waals surface area contributed by atoms with Gasteiger partial charge in [-0.25, -0.2) is 0 Å². The molecule has 0 amide bonds. The van der Waals surface area contributed by atoms with Gasteiger partial charge in [-0.2, -0.15) is 0 Å². The minimum absolute atomic E-state index is 0.188. The Balaban J connectivity index is 1.91. The summed E-state index contributed by atoms with van der Waals surface area (Å²) in [5, 5.41) is 0. The summed E-state index contributed by atoms with van der Waals surface area (Å²) < 4.78 is 10.5. The molecular weight excluding hydrogens is 208 g/mol. The SMILES string of the molecule is CCOC(=O)C[C@H]1CC2=C(CCCC2=O)O1. The van der Waals surface area contributed by atoms with Crippen LogP contribution in [0.25, 0.3) is 0 Å². The number of rotatable bonds is 3. The van der Waals surface area contributed by atoms with E-state index in [0.29, 0.717) is 19.4 Å². The zero-order chi connectivity index (χ0) is 11.5. The highest BCUT2D eigenvalue weighted by molar-refractivity contribution is 5.97. The van der Waals surface area contributed by atoms with Crippen LogP contribution in [0, 0.1) is 0 Å². The molecule has 2 aliphatic rings. The second-order valence-corrected chi connectivity index (χ2v) is 4.13. The van der Waals surface area contributed by atoms with Crippen molar-refractivity contribution >= 4 is 11.8 Å². The maximum atomic E-state index is 11.6. The van der Waals surface area contributed by atoms with Crippen molar-refractivity contribution in [1.29, 1.82) is 0 Å². The van der Waals surface area contributed by atoms with E-state index in [0.717, 1.165) is 24.2 Å². The molecule has 2 rings (SSSR count). The summed E-state index contributed by atoms with van der Waals surface area (Å²) in [6, 6.07) is 0. The van der Waals surface area contributed by atoms with E-state index in [-0.39, 0.29) is 24.3 Å². The fourth-order valence-electron chi connectivity index (χ4n) is 2.21. The normalized spacial score (nSPS) is 24.1.